The summed E-state index contributed by atoms with van der Waals surface area (Å²) >= 11 is 0. The minimum absolute atomic E-state index is 0. The second kappa shape index (κ2) is 9.03. The Morgan fingerprint density at radius 3 is 2.38 bits per heavy atom. The summed E-state index contributed by atoms with van der Waals surface area (Å²) in [6.07, 6.45) is 0.603. The number of halogens is 1. The van der Waals surface area contributed by atoms with E-state index in [9.17, 15) is 9.90 Å². The molecule has 4 nitrogen and oxygen atoms in total. The van der Waals surface area contributed by atoms with Gasteiger partial charge in [0.1, 0.15) is 0 Å². The van der Waals surface area contributed by atoms with Crippen LogP contribution in [0.2, 0.25) is 0 Å². The Kier molecular flexibility index (Phi) is 8.55. The molecule has 0 saturated carbocycles. The number of hydrogen-bond acceptors (Lipinski definition) is 3. The smallest absolute Gasteiger partial charge is 0.237 e. The van der Waals surface area contributed by atoms with E-state index in [-0.39, 0.29) is 30.3 Å². The van der Waals surface area contributed by atoms with Gasteiger partial charge in [-0.25, -0.2) is 0 Å². The predicted molar refractivity (Wildman–Crippen MR) is 88.5 cm³/mol. The van der Waals surface area contributed by atoms with E-state index in [4.69, 9.17) is 5.73 Å². The van der Waals surface area contributed by atoms with Gasteiger partial charge in [0.15, 0.2) is 0 Å². The molecule has 0 aliphatic heterocycles. The molecule has 0 aromatic heterocycles. The standard InChI is InChI=1S/C16H26N2O2.ClH/c1-16(2,3)10-13(19)11-18-15(20)14(17)9-12-7-5-4-6-8-12;/h4-8,13-14,19H,9-11,17H2,1-3H3,(H,18,20);1H/t13?,14-;/m0./s1. The Bertz CT molecular complexity index is 418. The van der Waals surface area contributed by atoms with Gasteiger partial charge in [0.05, 0.1) is 12.1 Å². The summed E-state index contributed by atoms with van der Waals surface area (Å²) < 4.78 is 0. The van der Waals surface area contributed by atoms with Crippen molar-refractivity contribution in [3.05, 3.63) is 35.9 Å². The molecule has 0 fully saturated rings. The lowest BCUT2D eigenvalue weighted by molar-refractivity contribution is -0.122. The lowest BCUT2D eigenvalue weighted by atomic mass is 9.89. The fraction of sp³-hybridized carbons (Fsp3) is 0.562. The Morgan fingerprint density at radius 1 is 1.29 bits per heavy atom. The van der Waals surface area contributed by atoms with Crippen molar-refractivity contribution in [2.24, 2.45) is 11.1 Å². The number of amides is 1. The lowest BCUT2D eigenvalue weighted by Crippen LogP contribution is -2.45. The number of benzene rings is 1. The highest BCUT2D eigenvalue weighted by molar-refractivity contribution is 5.85. The normalized spacial score (nSPS) is 14.0. The summed E-state index contributed by atoms with van der Waals surface area (Å²) in [7, 11) is 0. The average molecular weight is 315 g/mol. The summed E-state index contributed by atoms with van der Waals surface area (Å²) in [5, 5.41) is 12.6. The summed E-state index contributed by atoms with van der Waals surface area (Å²) in [6, 6.07) is 9.08. The van der Waals surface area contributed by atoms with E-state index in [0.717, 1.165) is 5.56 Å². The molecule has 0 aliphatic rings. The van der Waals surface area contributed by atoms with Gasteiger partial charge in [0.25, 0.3) is 0 Å². The zero-order valence-electron chi connectivity index (χ0n) is 13.0. The molecule has 2 atom stereocenters. The van der Waals surface area contributed by atoms with Crippen LogP contribution in [0.25, 0.3) is 0 Å². The Morgan fingerprint density at radius 2 is 1.86 bits per heavy atom. The van der Waals surface area contributed by atoms with Crippen LogP contribution in [0.3, 0.4) is 0 Å². The van der Waals surface area contributed by atoms with Gasteiger partial charge in [-0.2, -0.15) is 0 Å². The van der Waals surface area contributed by atoms with Crippen LogP contribution in [-0.4, -0.2) is 29.7 Å². The topological polar surface area (TPSA) is 75.3 Å². The van der Waals surface area contributed by atoms with E-state index in [2.05, 4.69) is 26.1 Å². The van der Waals surface area contributed by atoms with Gasteiger partial charge >= 0.3 is 0 Å². The average Bonchev–Trinajstić information content (AvgIpc) is 2.35. The number of rotatable bonds is 6. The van der Waals surface area contributed by atoms with Crippen molar-refractivity contribution in [3.8, 4) is 0 Å². The van der Waals surface area contributed by atoms with Crippen LogP contribution >= 0.6 is 12.4 Å². The first-order chi connectivity index (χ1) is 9.28. The van der Waals surface area contributed by atoms with Crippen LogP contribution in [-0.2, 0) is 11.2 Å². The summed E-state index contributed by atoms with van der Waals surface area (Å²) in [4.78, 5) is 11.9. The van der Waals surface area contributed by atoms with Gasteiger partial charge in [0.2, 0.25) is 5.91 Å². The Balaban J connectivity index is 0.00000400. The monoisotopic (exact) mass is 314 g/mol. The third-order valence-corrected chi connectivity index (χ3v) is 3.00. The quantitative estimate of drug-likeness (QED) is 0.750. The summed E-state index contributed by atoms with van der Waals surface area (Å²) in [6.45, 7) is 6.41. The molecule has 1 aromatic carbocycles. The van der Waals surface area contributed by atoms with Gasteiger partial charge in [-0.05, 0) is 23.8 Å². The van der Waals surface area contributed by atoms with Gasteiger partial charge in [0, 0.05) is 6.54 Å². The molecule has 1 amide bonds. The number of aliphatic hydroxyl groups excluding tert-OH is 1. The zero-order valence-corrected chi connectivity index (χ0v) is 13.8. The molecule has 0 aliphatic carbocycles. The largest absolute Gasteiger partial charge is 0.391 e. The molecular weight excluding hydrogens is 288 g/mol. The first-order valence-electron chi connectivity index (χ1n) is 7.03. The van der Waals surface area contributed by atoms with Crippen LogP contribution < -0.4 is 11.1 Å². The molecule has 0 spiro atoms. The highest BCUT2D eigenvalue weighted by Crippen LogP contribution is 2.20. The van der Waals surface area contributed by atoms with Gasteiger partial charge in [-0.3, -0.25) is 4.79 Å². The minimum atomic E-state index is -0.584. The zero-order chi connectivity index (χ0) is 15.2. The number of carbonyl (C=O) groups is 1. The molecule has 0 bridgehead atoms. The summed E-state index contributed by atoms with van der Waals surface area (Å²) in [5.74, 6) is -0.221. The highest BCUT2D eigenvalue weighted by Gasteiger charge is 2.19. The molecule has 4 N–H and O–H groups in total. The maximum atomic E-state index is 11.9. The second-order valence-corrected chi connectivity index (χ2v) is 6.46. The van der Waals surface area contributed by atoms with E-state index >= 15 is 0 Å². The van der Waals surface area contributed by atoms with Crippen LogP contribution in [0, 0.1) is 5.41 Å². The number of carbonyl (C=O) groups excluding carboxylic acids is 1. The molecule has 1 aromatic rings. The molecule has 1 rings (SSSR count). The SMILES string of the molecule is CC(C)(C)CC(O)CNC(=O)[C@@H](N)Cc1ccccc1.Cl. The van der Waals surface area contributed by atoms with E-state index in [1.165, 1.54) is 0 Å². The van der Waals surface area contributed by atoms with Crippen LogP contribution in [0.5, 0.6) is 0 Å². The van der Waals surface area contributed by atoms with Crippen molar-refractivity contribution < 1.29 is 9.90 Å². The van der Waals surface area contributed by atoms with E-state index < -0.39 is 12.1 Å². The van der Waals surface area contributed by atoms with Crippen LogP contribution in [0.1, 0.15) is 32.8 Å². The third kappa shape index (κ3) is 8.71. The van der Waals surface area contributed by atoms with Crippen molar-refractivity contribution in [1.82, 2.24) is 5.32 Å². The Hall–Kier alpha value is -1.10. The van der Waals surface area contributed by atoms with Crippen molar-refractivity contribution in [1.29, 1.82) is 0 Å². The molecule has 0 saturated heterocycles. The molecule has 5 heteroatoms. The fourth-order valence-electron chi connectivity index (χ4n) is 2.09. The molecule has 21 heavy (non-hydrogen) atoms. The second-order valence-electron chi connectivity index (χ2n) is 6.46. The van der Waals surface area contributed by atoms with Crippen molar-refractivity contribution in [3.63, 3.8) is 0 Å². The number of nitrogens with one attached hydrogen (secondary N) is 1. The first kappa shape index (κ1) is 19.9. The predicted octanol–water partition coefficient (Wildman–Crippen LogP) is 1.89. The van der Waals surface area contributed by atoms with Gasteiger partial charge in [-0.1, -0.05) is 51.1 Å². The van der Waals surface area contributed by atoms with Crippen molar-refractivity contribution >= 4 is 18.3 Å². The van der Waals surface area contributed by atoms with E-state index in [1.54, 1.807) is 0 Å². The van der Waals surface area contributed by atoms with Crippen LogP contribution in [0.15, 0.2) is 30.3 Å². The number of nitrogens with two attached hydrogens (primary N) is 1. The first-order valence-corrected chi connectivity index (χ1v) is 7.03. The number of aliphatic hydroxyl groups is 1. The van der Waals surface area contributed by atoms with E-state index in [1.807, 2.05) is 30.3 Å². The minimum Gasteiger partial charge on any atom is -0.391 e. The van der Waals surface area contributed by atoms with Gasteiger partial charge < -0.3 is 16.2 Å². The van der Waals surface area contributed by atoms with Crippen molar-refractivity contribution in [2.75, 3.05) is 6.54 Å². The molecule has 0 heterocycles. The highest BCUT2D eigenvalue weighted by atomic mass is 35.5. The van der Waals surface area contributed by atoms with Crippen LogP contribution in [0.4, 0.5) is 0 Å². The Labute approximate surface area is 133 Å². The molecule has 0 radical (unpaired) electrons. The lowest BCUT2D eigenvalue weighted by Gasteiger charge is -2.23. The van der Waals surface area contributed by atoms with Crippen molar-refractivity contribution in [2.45, 2.75) is 45.8 Å². The third-order valence-electron chi connectivity index (χ3n) is 3.00. The molecular formula is C16H27ClN2O2. The van der Waals surface area contributed by atoms with E-state index in [0.29, 0.717) is 12.8 Å². The maximum Gasteiger partial charge on any atom is 0.237 e. The summed E-state index contributed by atoms with van der Waals surface area (Å²) in [5.41, 5.74) is 6.94. The maximum absolute atomic E-state index is 11.9. The molecule has 1 unspecified atom stereocenters. The molecule has 120 valence electrons. The number of hydrogen-bond donors (Lipinski definition) is 3. The fourth-order valence-corrected chi connectivity index (χ4v) is 2.09. The van der Waals surface area contributed by atoms with Gasteiger partial charge in [-0.15, -0.1) is 12.4 Å².